The Bertz CT molecular complexity index is 1360. The van der Waals surface area contributed by atoms with Crippen LogP contribution in [0.3, 0.4) is 0 Å². The maximum atomic E-state index is 13.3. The van der Waals surface area contributed by atoms with Crippen molar-refractivity contribution < 1.29 is 14.3 Å². The average Bonchev–Trinajstić information content (AvgIpc) is 3.64. The van der Waals surface area contributed by atoms with Gasteiger partial charge in [-0.05, 0) is 46.0 Å². The first kappa shape index (κ1) is 23.6. The predicted molar refractivity (Wildman–Crippen MR) is 142 cm³/mol. The lowest BCUT2D eigenvalue weighted by atomic mass is 10.0. The second-order valence-electron chi connectivity index (χ2n) is 9.26. The summed E-state index contributed by atoms with van der Waals surface area (Å²) in [6.07, 6.45) is 0.679. The number of nitrogens with one attached hydrogen (secondary N) is 2. The number of benzene rings is 4. The highest BCUT2D eigenvalue weighted by molar-refractivity contribution is 5.97. The van der Waals surface area contributed by atoms with Crippen LogP contribution in [0.2, 0.25) is 0 Å². The van der Waals surface area contributed by atoms with Gasteiger partial charge in [0.05, 0.1) is 0 Å². The Morgan fingerprint density at radius 2 is 1.56 bits per heavy atom. The number of anilines is 1. The van der Waals surface area contributed by atoms with Crippen molar-refractivity contribution in [2.75, 3.05) is 5.32 Å². The summed E-state index contributed by atoms with van der Waals surface area (Å²) < 4.78 is 5.38. The van der Waals surface area contributed by atoms with Gasteiger partial charge in [-0.15, -0.1) is 0 Å². The van der Waals surface area contributed by atoms with E-state index in [0.29, 0.717) is 18.0 Å². The van der Waals surface area contributed by atoms with Gasteiger partial charge in [0, 0.05) is 24.1 Å². The molecular formula is C30H29N3O3. The normalized spacial score (nSPS) is 17.2. The van der Waals surface area contributed by atoms with Crippen LogP contribution in [0.1, 0.15) is 29.0 Å². The van der Waals surface area contributed by atoms with Crippen molar-refractivity contribution in [2.45, 2.75) is 37.5 Å². The lowest BCUT2D eigenvalue weighted by Gasteiger charge is -2.19. The third kappa shape index (κ3) is 5.90. The van der Waals surface area contributed by atoms with Gasteiger partial charge in [-0.1, -0.05) is 84.9 Å². The van der Waals surface area contributed by atoms with Gasteiger partial charge < -0.3 is 21.1 Å². The molecule has 1 aliphatic carbocycles. The zero-order valence-electron chi connectivity index (χ0n) is 19.9. The number of carbonyl (C=O) groups excluding carboxylic acids is 2. The van der Waals surface area contributed by atoms with E-state index in [1.54, 1.807) is 0 Å². The summed E-state index contributed by atoms with van der Waals surface area (Å²) in [5.74, 6) is 0.0900. The fourth-order valence-corrected chi connectivity index (χ4v) is 4.36. The van der Waals surface area contributed by atoms with Crippen LogP contribution in [0.25, 0.3) is 10.8 Å². The van der Waals surface area contributed by atoms with Gasteiger partial charge in [-0.3, -0.25) is 4.79 Å². The molecule has 2 amide bonds. The molecule has 5 rings (SSSR count). The molecule has 36 heavy (non-hydrogen) atoms. The van der Waals surface area contributed by atoms with Crippen LogP contribution in [0, 0.1) is 0 Å². The van der Waals surface area contributed by atoms with E-state index in [1.165, 1.54) is 5.56 Å². The fourth-order valence-electron chi connectivity index (χ4n) is 4.36. The molecule has 1 fully saturated rings. The summed E-state index contributed by atoms with van der Waals surface area (Å²) in [7, 11) is 0. The molecule has 0 heterocycles. The predicted octanol–water partition coefficient (Wildman–Crippen LogP) is 5.13. The molecule has 0 aromatic heterocycles. The topological polar surface area (TPSA) is 93.5 Å². The SMILES string of the molecule is NC1CC1c1ccc(NC(=O)C(Cc2ccc3ccccc3c2)NC(=O)OCc2ccccc2)cc1. The van der Waals surface area contributed by atoms with Crippen LogP contribution in [0.5, 0.6) is 0 Å². The van der Waals surface area contributed by atoms with Crippen LogP contribution >= 0.6 is 0 Å². The summed E-state index contributed by atoms with van der Waals surface area (Å²) in [5.41, 5.74) is 9.61. The average molecular weight is 480 g/mol. The number of hydrogen-bond donors (Lipinski definition) is 3. The molecule has 4 aromatic rings. The Hall–Kier alpha value is -4.16. The van der Waals surface area contributed by atoms with Crippen LogP contribution in [0.15, 0.2) is 97.1 Å². The number of nitrogens with two attached hydrogens (primary N) is 1. The number of amides is 2. The molecule has 0 radical (unpaired) electrons. The van der Waals surface area contributed by atoms with Crippen molar-refractivity contribution in [3.05, 3.63) is 114 Å². The van der Waals surface area contributed by atoms with E-state index in [4.69, 9.17) is 10.5 Å². The molecule has 6 heteroatoms. The highest BCUT2D eigenvalue weighted by atomic mass is 16.5. The maximum Gasteiger partial charge on any atom is 0.408 e. The fraction of sp³-hybridized carbons (Fsp3) is 0.200. The maximum absolute atomic E-state index is 13.3. The molecule has 6 nitrogen and oxygen atoms in total. The van der Waals surface area contributed by atoms with Crippen molar-refractivity contribution >= 4 is 28.5 Å². The first-order valence-electron chi connectivity index (χ1n) is 12.2. The highest BCUT2D eigenvalue weighted by Gasteiger charge is 2.34. The standard InChI is InChI=1S/C30H29N3O3/c31-27-18-26(27)23-12-14-25(15-13-23)32-29(34)28(33-30(35)36-19-20-6-2-1-3-7-20)17-21-10-11-22-8-4-5-9-24(22)16-21/h1-16,26-28H,17-19,31H2,(H,32,34)(H,33,35). The summed E-state index contributed by atoms with van der Waals surface area (Å²) in [6, 6.07) is 30.7. The Morgan fingerprint density at radius 3 is 2.28 bits per heavy atom. The van der Waals surface area contributed by atoms with Crippen molar-refractivity contribution in [1.82, 2.24) is 5.32 Å². The molecule has 0 bridgehead atoms. The molecule has 1 saturated carbocycles. The summed E-state index contributed by atoms with van der Waals surface area (Å²) >= 11 is 0. The zero-order valence-corrected chi connectivity index (χ0v) is 19.9. The minimum atomic E-state index is -0.814. The second-order valence-corrected chi connectivity index (χ2v) is 9.26. The molecule has 4 N–H and O–H groups in total. The molecule has 3 unspecified atom stereocenters. The first-order chi connectivity index (χ1) is 17.5. The number of rotatable bonds is 8. The quantitative estimate of drug-likeness (QED) is 0.327. The van der Waals surface area contributed by atoms with Crippen molar-refractivity contribution in [2.24, 2.45) is 5.73 Å². The number of ether oxygens (including phenoxy) is 1. The minimum Gasteiger partial charge on any atom is -0.445 e. The molecular weight excluding hydrogens is 450 g/mol. The van der Waals surface area contributed by atoms with E-state index in [0.717, 1.165) is 28.3 Å². The van der Waals surface area contributed by atoms with E-state index >= 15 is 0 Å². The van der Waals surface area contributed by atoms with E-state index < -0.39 is 12.1 Å². The number of hydrogen-bond acceptors (Lipinski definition) is 4. The van der Waals surface area contributed by atoms with Crippen molar-refractivity contribution in [3.8, 4) is 0 Å². The van der Waals surface area contributed by atoms with Crippen LogP contribution in [0.4, 0.5) is 10.5 Å². The summed E-state index contributed by atoms with van der Waals surface area (Å²) in [5, 5.41) is 7.89. The van der Waals surface area contributed by atoms with Gasteiger partial charge in [0.15, 0.2) is 0 Å². The smallest absolute Gasteiger partial charge is 0.408 e. The van der Waals surface area contributed by atoms with Crippen LogP contribution in [-0.4, -0.2) is 24.1 Å². The zero-order chi connectivity index (χ0) is 24.9. The molecule has 3 atom stereocenters. The van der Waals surface area contributed by atoms with E-state index in [-0.39, 0.29) is 18.6 Å². The Morgan fingerprint density at radius 1 is 0.861 bits per heavy atom. The van der Waals surface area contributed by atoms with Gasteiger partial charge in [0.1, 0.15) is 12.6 Å². The van der Waals surface area contributed by atoms with Gasteiger partial charge in [0.2, 0.25) is 5.91 Å². The van der Waals surface area contributed by atoms with Crippen LogP contribution in [-0.2, 0) is 22.6 Å². The van der Waals surface area contributed by atoms with Crippen molar-refractivity contribution in [3.63, 3.8) is 0 Å². The number of carbonyl (C=O) groups is 2. The van der Waals surface area contributed by atoms with Gasteiger partial charge in [-0.25, -0.2) is 4.79 Å². The molecule has 0 spiro atoms. The van der Waals surface area contributed by atoms with E-state index in [2.05, 4.69) is 10.6 Å². The Kier molecular flexibility index (Phi) is 6.96. The van der Waals surface area contributed by atoms with E-state index in [1.807, 2.05) is 97.1 Å². The number of alkyl carbamates (subject to hydrolysis) is 1. The molecule has 0 aliphatic heterocycles. The second kappa shape index (κ2) is 10.6. The molecule has 1 aliphatic rings. The first-order valence-corrected chi connectivity index (χ1v) is 12.2. The lowest BCUT2D eigenvalue weighted by Crippen LogP contribution is -2.45. The lowest BCUT2D eigenvalue weighted by molar-refractivity contribution is -0.118. The van der Waals surface area contributed by atoms with Gasteiger partial charge >= 0.3 is 6.09 Å². The molecule has 0 saturated heterocycles. The van der Waals surface area contributed by atoms with E-state index in [9.17, 15) is 9.59 Å². The molecule has 182 valence electrons. The Balaban J connectivity index is 1.29. The minimum absolute atomic E-state index is 0.127. The van der Waals surface area contributed by atoms with Gasteiger partial charge in [-0.2, -0.15) is 0 Å². The van der Waals surface area contributed by atoms with Gasteiger partial charge in [0.25, 0.3) is 0 Å². The van der Waals surface area contributed by atoms with Crippen molar-refractivity contribution in [1.29, 1.82) is 0 Å². The van der Waals surface area contributed by atoms with Crippen LogP contribution < -0.4 is 16.4 Å². The number of fused-ring (bicyclic) bond motifs is 1. The largest absolute Gasteiger partial charge is 0.445 e. The third-order valence-electron chi connectivity index (χ3n) is 6.52. The summed E-state index contributed by atoms with van der Waals surface area (Å²) in [6.45, 7) is 0.127. The highest BCUT2D eigenvalue weighted by Crippen LogP contribution is 2.39. The monoisotopic (exact) mass is 479 g/mol. The molecule has 4 aromatic carbocycles. The Labute approximate surface area is 210 Å². The third-order valence-corrected chi connectivity index (χ3v) is 6.52. The summed E-state index contributed by atoms with van der Waals surface area (Å²) in [4.78, 5) is 25.9.